The Kier molecular flexibility index (Phi) is 6.32. The predicted octanol–water partition coefficient (Wildman–Crippen LogP) is 4.90. The van der Waals surface area contributed by atoms with Crippen molar-refractivity contribution >= 4 is 5.69 Å². The highest BCUT2D eigenvalue weighted by atomic mass is 19.1. The minimum Gasteiger partial charge on any atom is -0.378 e. The van der Waals surface area contributed by atoms with Gasteiger partial charge in [0.2, 0.25) is 0 Å². The molecule has 24 heavy (non-hydrogen) atoms. The molecular weight excluding hydrogens is 306 g/mol. The normalized spacial score (nSPS) is 12.2. The fourth-order valence-electron chi connectivity index (χ4n) is 3.05. The molecule has 0 saturated heterocycles. The molecule has 130 valence electrons. The molecule has 0 aliphatic heterocycles. The lowest BCUT2D eigenvalue weighted by Crippen LogP contribution is -2.13. The van der Waals surface area contributed by atoms with E-state index in [0.717, 1.165) is 36.6 Å². The van der Waals surface area contributed by atoms with Gasteiger partial charge in [0.15, 0.2) is 0 Å². The van der Waals surface area contributed by atoms with Crippen LogP contribution in [0.3, 0.4) is 0 Å². The molecule has 0 amide bonds. The molecule has 2 aromatic rings. The zero-order valence-electron chi connectivity index (χ0n) is 14.6. The maximum atomic E-state index is 14.0. The number of hydrogen-bond acceptors (Lipinski definition) is 2. The van der Waals surface area contributed by atoms with Crippen molar-refractivity contribution in [3.63, 3.8) is 0 Å². The van der Waals surface area contributed by atoms with E-state index in [-0.39, 0.29) is 6.04 Å². The second kappa shape index (κ2) is 8.25. The van der Waals surface area contributed by atoms with Gasteiger partial charge >= 0.3 is 0 Å². The van der Waals surface area contributed by atoms with E-state index in [4.69, 9.17) is 5.73 Å². The number of nitrogens with one attached hydrogen (secondary N) is 1. The molecule has 1 unspecified atom stereocenters. The van der Waals surface area contributed by atoms with Crippen LogP contribution in [0.2, 0.25) is 0 Å². The molecule has 2 rings (SSSR count). The van der Waals surface area contributed by atoms with Crippen molar-refractivity contribution in [2.24, 2.45) is 5.73 Å². The average molecular weight is 332 g/mol. The van der Waals surface area contributed by atoms with Crippen molar-refractivity contribution in [2.45, 2.75) is 46.1 Å². The third-order valence-electron chi connectivity index (χ3n) is 4.42. The molecule has 2 nitrogen and oxygen atoms in total. The van der Waals surface area contributed by atoms with Gasteiger partial charge in [-0.25, -0.2) is 8.78 Å². The highest BCUT2D eigenvalue weighted by Crippen LogP contribution is 2.30. The van der Waals surface area contributed by atoms with Crippen LogP contribution in [0.5, 0.6) is 0 Å². The van der Waals surface area contributed by atoms with Gasteiger partial charge in [-0.2, -0.15) is 0 Å². The third-order valence-corrected chi connectivity index (χ3v) is 4.42. The fraction of sp³-hybridized carbons (Fsp3) is 0.400. The highest BCUT2D eigenvalue weighted by Gasteiger charge is 2.16. The van der Waals surface area contributed by atoms with Gasteiger partial charge < -0.3 is 11.1 Å². The summed E-state index contributed by atoms with van der Waals surface area (Å²) in [5.74, 6) is -0.827. The molecule has 0 bridgehead atoms. The molecule has 4 heteroatoms. The monoisotopic (exact) mass is 332 g/mol. The first-order valence-corrected chi connectivity index (χ1v) is 8.50. The second-order valence-corrected chi connectivity index (χ2v) is 6.17. The van der Waals surface area contributed by atoms with Gasteiger partial charge in [-0.3, -0.25) is 0 Å². The number of anilines is 1. The Hall–Kier alpha value is -1.94. The molecule has 0 aliphatic rings. The van der Waals surface area contributed by atoms with E-state index in [1.807, 2.05) is 13.8 Å². The van der Waals surface area contributed by atoms with Crippen LogP contribution < -0.4 is 11.1 Å². The van der Waals surface area contributed by atoms with Gasteiger partial charge in [0.05, 0.1) is 6.04 Å². The molecule has 0 spiro atoms. The number of aryl methyl sites for hydroxylation is 2. The van der Waals surface area contributed by atoms with Crippen LogP contribution in [-0.4, -0.2) is 6.54 Å². The average Bonchev–Trinajstić information content (AvgIpc) is 2.57. The Bertz CT molecular complexity index is 698. The first-order chi connectivity index (χ1) is 11.5. The molecule has 0 aliphatic carbocycles. The maximum Gasteiger partial charge on any atom is 0.128 e. The Morgan fingerprint density at radius 2 is 1.92 bits per heavy atom. The van der Waals surface area contributed by atoms with Crippen molar-refractivity contribution < 1.29 is 8.78 Å². The van der Waals surface area contributed by atoms with Crippen LogP contribution >= 0.6 is 0 Å². The van der Waals surface area contributed by atoms with Gasteiger partial charge in [-0.1, -0.05) is 19.1 Å². The highest BCUT2D eigenvalue weighted by molar-refractivity contribution is 5.61. The third kappa shape index (κ3) is 4.12. The van der Waals surface area contributed by atoms with E-state index in [0.29, 0.717) is 12.1 Å². The lowest BCUT2D eigenvalue weighted by atomic mass is 9.95. The van der Waals surface area contributed by atoms with Crippen LogP contribution in [0.15, 0.2) is 30.3 Å². The number of benzene rings is 2. The van der Waals surface area contributed by atoms with Crippen LogP contribution in [0.4, 0.5) is 14.5 Å². The molecule has 2 aromatic carbocycles. The van der Waals surface area contributed by atoms with Gasteiger partial charge in [0.1, 0.15) is 11.6 Å². The summed E-state index contributed by atoms with van der Waals surface area (Å²) in [6.07, 6.45) is 2.70. The van der Waals surface area contributed by atoms with E-state index in [1.165, 1.54) is 23.3 Å². The molecule has 1 atom stereocenters. The first-order valence-electron chi connectivity index (χ1n) is 8.50. The van der Waals surface area contributed by atoms with E-state index in [2.05, 4.69) is 24.4 Å². The minimum atomic E-state index is -0.428. The summed E-state index contributed by atoms with van der Waals surface area (Å²) in [6.45, 7) is 6.63. The summed E-state index contributed by atoms with van der Waals surface area (Å²) >= 11 is 0. The maximum absolute atomic E-state index is 14.0. The summed E-state index contributed by atoms with van der Waals surface area (Å²) in [5, 5.41) is 3.40. The minimum absolute atomic E-state index is 0.330. The van der Waals surface area contributed by atoms with Gasteiger partial charge in [-0.15, -0.1) is 0 Å². The van der Waals surface area contributed by atoms with E-state index < -0.39 is 11.6 Å². The van der Waals surface area contributed by atoms with Crippen LogP contribution in [-0.2, 0) is 12.8 Å². The second-order valence-electron chi connectivity index (χ2n) is 6.17. The largest absolute Gasteiger partial charge is 0.378 e. The smallest absolute Gasteiger partial charge is 0.128 e. The van der Waals surface area contributed by atoms with Crippen molar-refractivity contribution in [3.05, 3.63) is 64.2 Å². The SMILES string of the molecule is CCc1ccc(C)c(NC(C)c2cc(F)ccc2F)c1CCCN. The molecule has 0 heterocycles. The molecule has 0 saturated carbocycles. The summed E-state index contributed by atoms with van der Waals surface area (Å²) in [7, 11) is 0. The summed E-state index contributed by atoms with van der Waals surface area (Å²) in [4.78, 5) is 0. The molecule has 0 aromatic heterocycles. The standard InChI is InChI=1S/C20H26F2N2/c1-4-15-8-7-13(2)20(17(15)6-5-11-23)24-14(3)18-12-16(21)9-10-19(18)22/h7-10,12,14,24H,4-6,11,23H2,1-3H3. The van der Waals surface area contributed by atoms with Crippen LogP contribution in [0.25, 0.3) is 0 Å². The first kappa shape index (κ1) is 18.4. The fourth-order valence-corrected chi connectivity index (χ4v) is 3.05. The zero-order valence-corrected chi connectivity index (χ0v) is 14.6. The Balaban J connectivity index is 2.38. The van der Waals surface area contributed by atoms with Gasteiger partial charge in [0, 0.05) is 11.3 Å². The molecular formula is C20H26F2N2. The van der Waals surface area contributed by atoms with E-state index in [9.17, 15) is 8.78 Å². The van der Waals surface area contributed by atoms with Crippen molar-refractivity contribution in [1.29, 1.82) is 0 Å². The van der Waals surface area contributed by atoms with Gasteiger partial charge in [0.25, 0.3) is 0 Å². The van der Waals surface area contributed by atoms with E-state index >= 15 is 0 Å². The Labute approximate surface area is 143 Å². The van der Waals surface area contributed by atoms with Gasteiger partial charge in [-0.05, 0) is 74.5 Å². The summed E-state index contributed by atoms with van der Waals surface area (Å²) in [5.41, 5.74) is 10.6. The Morgan fingerprint density at radius 1 is 1.17 bits per heavy atom. The van der Waals surface area contributed by atoms with Crippen LogP contribution in [0.1, 0.15) is 48.6 Å². The lowest BCUT2D eigenvalue weighted by Gasteiger charge is -2.23. The summed E-state index contributed by atoms with van der Waals surface area (Å²) in [6, 6.07) is 7.45. The quantitative estimate of drug-likeness (QED) is 0.757. The topological polar surface area (TPSA) is 38.0 Å². The van der Waals surface area contributed by atoms with Crippen LogP contribution in [0, 0.1) is 18.6 Å². The van der Waals surface area contributed by atoms with Crippen molar-refractivity contribution in [1.82, 2.24) is 0 Å². The zero-order chi connectivity index (χ0) is 17.7. The number of nitrogens with two attached hydrogens (primary N) is 1. The summed E-state index contributed by atoms with van der Waals surface area (Å²) < 4.78 is 27.5. The number of hydrogen-bond donors (Lipinski definition) is 2. The number of halogens is 2. The molecule has 3 N–H and O–H groups in total. The number of rotatable bonds is 7. The van der Waals surface area contributed by atoms with Crippen molar-refractivity contribution in [2.75, 3.05) is 11.9 Å². The van der Waals surface area contributed by atoms with Crippen molar-refractivity contribution in [3.8, 4) is 0 Å². The molecule has 0 radical (unpaired) electrons. The predicted molar refractivity (Wildman–Crippen MR) is 96.3 cm³/mol. The lowest BCUT2D eigenvalue weighted by molar-refractivity contribution is 0.577. The Morgan fingerprint density at radius 3 is 2.58 bits per heavy atom. The molecule has 0 fully saturated rings. The van der Waals surface area contributed by atoms with E-state index in [1.54, 1.807) is 0 Å².